The molecule has 11 nitrogen and oxygen atoms in total. The van der Waals surface area contributed by atoms with Crippen molar-refractivity contribution in [3.8, 4) is 18.0 Å². The number of hydrogen-bond acceptors (Lipinski definition) is 8. The van der Waals surface area contributed by atoms with Gasteiger partial charge in [0.2, 0.25) is 5.95 Å². The predicted octanol–water partition coefficient (Wildman–Crippen LogP) is 2.84. The molecule has 1 aromatic carbocycles. The molecule has 1 atom stereocenters. The number of nitriles is 2. The van der Waals surface area contributed by atoms with Crippen LogP contribution >= 0.6 is 0 Å². The van der Waals surface area contributed by atoms with Gasteiger partial charge in [0.1, 0.15) is 11.9 Å². The van der Waals surface area contributed by atoms with E-state index in [9.17, 15) is 19.7 Å². The average molecular weight is 499 g/mol. The van der Waals surface area contributed by atoms with Gasteiger partial charge in [-0.1, -0.05) is 0 Å². The Balaban J connectivity index is 1.28. The first-order valence-electron chi connectivity index (χ1n) is 11.8. The fourth-order valence-electron chi connectivity index (χ4n) is 4.62. The van der Waals surface area contributed by atoms with Gasteiger partial charge in [0.15, 0.2) is 5.82 Å². The highest BCUT2D eigenvalue weighted by atomic mass is 19.1. The largest absolute Gasteiger partial charge is 0.341 e. The first-order chi connectivity index (χ1) is 17.9. The molecule has 2 aliphatic rings. The van der Waals surface area contributed by atoms with Gasteiger partial charge in [-0.15, -0.1) is 0 Å². The summed E-state index contributed by atoms with van der Waals surface area (Å²) in [5.74, 6) is 0.553. The zero-order valence-corrected chi connectivity index (χ0v) is 20.3. The molecule has 0 spiro atoms. The smallest absolute Gasteiger partial charge is 0.337 e. The van der Waals surface area contributed by atoms with E-state index in [2.05, 4.69) is 26.2 Å². The minimum Gasteiger partial charge on any atom is -0.337 e. The Hall–Kier alpha value is -4.84. The molecule has 1 fully saturated rings. The molecule has 0 radical (unpaired) electrons. The van der Waals surface area contributed by atoms with E-state index in [1.807, 2.05) is 17.9 Å². The van der Waals surface area contributed by atoms with Gasteiger partial charge in [0, 0.05) is 51.1 Å². The Kier molecular flexibility index (Phi) is 6.24. The predicted molar refractivity (Wildman–Crippen MR) is 131 cm³/mol. The number of amides is 2. The van der Waals surface area contributed by atoms with Gasteiger partial charge in [-0.05, 0) is 37.6 Å². The zero-order chi connectivity index (χ0) is 26.1. The van der Waals surface area contributed by atoms with Crippen LogP contribution in [0.4, 0.5) is 15.1 Å². The minimum atomic E-state index is -0.520. The fourth-order valence-corrected chi connectivity index (χ4v) is 4.62. The first kappa shape index (κ1) is 23.9. The number of hydrazone groups is 1. The third-order valence-corrected chi connectivity index (χ3v) is 6.54. The number of aryl methyl sites for hydroxylation is 1. The van der Waals surface area contributed by atoms with Crippen molar-refractivity contribution in [3.05, 3.63) is 64.4 Å². The minimum absolute atomic E-state index is 0.203. The second-order valence-corrected chi connectivity index (χ2v) is 8.82. The quantitative estimate of drug-likeness (QED) is 0.543. The van der Waals surface area contributed by atoms with Crippen molar-refractivity contribution in [2.45, 2.75) is 26.3 Å². The lowest BCUT2D eigenvalue weighted by atomic mass is 10.0. The molecule has 12 heteroatoms. The van der Waals surface area contributed by atoms with Crippen molar-refractivity contribution in [2.75, 3.05) is 31.1 Å². The zero-order valence-electron chi connectivity index (χ0n) is 20.3. The number of rotatable bonds is 3. The average Bonchev–Trinajstić information content (AvgIpc) is 3.52. The molecule has 1 saturated heterocycles. The van der Waals surface area contributed by atoms with Crippen LogP contribution in [0.1, 0.15) is 40.5 Å². The number of carbonyl (C=O) groups excluding carboxylic acids is 1. The summed E-state index contributed by atoms with van der Waals surface area (Å²) < 4.78 is 15.6. The summed E-state index contributed by atoms with van der Waals surface area (Å²) in [5, 5.41) is 28.6. The third-order valence-electron chi connectivity index (χ3n) is 6.54. The number of carbonyl (C=O) groups is 1. The number of aromatic nitrogens is 4. The number of anilines is 1. The Labute approximate surface area is 212 Å². The first-order valence-corrected chi connectivity index (χ1v) is 11.8. The van der Waals surface area contributed by atoms with Gasteiger partial charge in [0.25, 0.3) is 0 Å². The summed E-state index contributed by atoms with van der Waals surface area (Å²) >= 11 is 0. The summed E-state index contributed by atoms with van der Waals surface area (Å²) in [5.41, 5.74) is 2.61. The van der Waals surface area contributed by atoms with E-state index in [0.717, 1.165) is 0 Å². The van der Waals surface area contributed by atoms with Gasteiger partial charge in [-0.2, -0.15) is 25.7 Å². The molecule has 2 amide bonds. The standard InChI is InChI=1S/C25H23FN10O/c1-16-21(15-28)17(2)35(32-16)23-4-5-29-24(31-23)33-7-9-34(10-8-33)25(37)36-22(3-6-30-36)19-11-18(14-27)12-20(26)13-19/h4-6,11-13,22H,3,7-10H2,1-2H3/t22-/m0/s1. The summed E-state index contributed by atoms with van der Waals surface area (Å²) in [7, 11) is 0. The van der Waals surface area contributed by atoms with Gasteiger partial charge < -0.3 is 9.80 Å². The lowest BCUT2D eigenvalue weighted by Gasteiger charge is -2.37. The monoisotopic (exact) mass is 498 g/mol. The molecule has 186 valence electrons. The van der Waals surface area contributed by atoms with E-state index in [0.29, 0.717) is 66.9 Å². The van der Waals surface area contributed by atoms with Crippen LogP contribution in [0.5, 0.6) is 0 Å². The maximum Gasteiger partial charge on any atom is 0.341 e. The molecule has 2 aromatic heterocycles. The van der Waals surface area contributed by atoms with Crippen LogP contribution in [0.25, 0.3) is 5.82 Å². The van der Waals surface area contributed by atoms with Crippen LogP contribution in [0.15, 0.2) is 35.6 Å². The summed E-state index contributed by atoms with van der Waals surface area (Å²) in [6, 6.07) is 9.21. The molecule has 2 aliphatic heterocycles. The highest BCUT2D eigenvalue weighted by molar-refractivity contribution is 5.78. The van der Waals surface area contributed by atoms with Gasteiger partial charge in [0.05, 0.1) is 34.6 Å². The maximum absolute atomic E-state index is 14.0. The molecule has 4 heterocycles. The Morgan fingerprint density at radius 2 is 1.89 bits per heavy atom. The summed E-state index contributed by atoms with van der Waals surface area (Å²) in [6.07, 6.45) is 3.72. The second kappa shape index (κ2) is 9.66. The second-order valence-electron chi connectivity index (χ2n) is 8.82. The molecular formula is C25H23FN10O. The van der Waals surface area contributed by atoms with Crippen molar-refractivity contribution >= 4 is 18.2 Å². The van der Waals surface area contributed by atoms with Gasteiger partial charge in [-0.25, -0.2) is 23.9 Å². The normalized spacial score (nSPS) is 17.1. The van der Waals surface area contributed by atoms with Gasteiger partial charge >= 0.3 is 6.03 Å². The molecule has 0 aliphatic carbocycles. The lowest BCUT2D eigenvalue weighted by molar-refractivity contribution is 0.139. The summed E-state index contributed by atoms with van der Waals surface area (Å²) in [6.45, 7) is 5.48. The number of benzene rings is 1. The van der Waals surface area contributed by atoms with Gasteiger partial charge in [-0.3, -0.25) is 0 Å². The number of hydrogen-bond donors (Lipinski definition) is 0. The number of nitrogens with zero attached hydrogens (tertiary/aromatic N) is 10. The van der Waals surface area contributed by atoms with Crippen LogP contribution in [0.3, 0.4) is 0 Å². The number of piperazine rings is 1. The molecule has 5 rings (SSSR count). The Morgan fingerprint density at radius 1 is 1.11 bits per heavy atom. The number of halogens is 1. The molecule has 0 saturated carbocycles. The van der Waals surface area contributed by atoms with Crippen LogP contribution in [0, 0.1) is 42.3 Å². The SMILES string of the molecule is Cc1nn(-c2ccnc(N3CCN(C(=O)N4N=CC[C@H]4c4cc(F)cc(C#N)c4)CC3)n2)c(C)c1C#N. The highest BCUT2D eigenvalue weighted by Crippen LogP contribution is 2.30. The fraction of sp³-hybridized carbons (Fsp3) is 0.320. The van der Waals surface area contributed by atoms with Crippen LogP contribution in [0.2, 0.25) is 0 Å². The Morgan fingerprint density at radius 3 is 2.59 bits per heavy atom. The molecule has 37 heavy (non-hydrogen) atoms. The van der Waals surface area contributed by atoms with Crippen molar-refractivity contribution in [1.82, 2.24) is 29.7 Å². The molecule has 3 aromatic rings. The third kappa shape index (κ3) is 4.45. The topological polar surface area (TPSA) is 130 Å². The van der Waals surface area contributed by atoms with E-state index < -0.39 is 11.9 Å². The van der Waals surface area contributed by atoms with Crippen LogP contribution in [-0.4, -0.2) is 68.1 Å². The molecular weight excluding hydrogens is 475 g/mol. The van der Waals surface area contributed by atoms with E-state index in [1.165, 1.54) is 17.1 Å². The van der Waals surface area contributed by atoms with Crippen LogP contribution in [-0.2, 0) is 0 Å². The van der Waals surface area contributed by atoms with E-state index in [4.69, 9.17) is 0 Å². The van der Waals surface area contributed by atoms with E-state index >= 15 is 0 Å². The van der Waals surface area contributed by atoms with E-state index in [-0.39, 0.29) is 11.6 Å². The van der Waals surface area contributed by atoms with Crippen molar-refractivity contribution < 1.29 is 9.18 Å². The molecule has 0 unspecified atom stereocenters. The highest BCUT2D eigenvalue weighted by Gasteiger charge is 2.34. The van der Waals surface area contributed by atoms with Crippen LogP contribution < -0.4 is 4.90 Å². The lowest BCUT2D eigenvalue weighted by Crippen LogP contribution is -2.52. The number of urea groups is 1. The summed E-state index contributed by atoms with van der Waals surface area (Å²) in [4.78, 5) is 26.0. The molecule has 0 bridgehead atoms. The van der Waals surface area contributed by atoms with Crippen molar-refractivity contribution in [1.29, 1.82) is 10.5 Å². The maximum atomic E-state index is 14.0. The molecule has 0 N–H and O–H groups in total. The van der Waals surface area contributed by atoms with E-state index in [1.54, 1.807) is 41.0 Å². The van der Waals surface area contributed by atoms with Crippen molar-refractivity contribution in [3.63, 3.8) is 0 Å². The Bertz CT molecular complexity index is 1480. The van der Waals surface area contributed by atoms with Crippen molar-refractivity contribution in [2.24, 2.45) is 5.10 Å².